The van der Waals surface area contributed by atoms with E-state index in [1.165, 1.54) is 0 Å². The lowest BCUT2D eigenvalue weighted by atomic mass is 10.3. The highest BCUT2D eigenvalue weighted by Gasteiger charge is 2.11. The topological polar surface area (TPSA) is 22.1 Å². The second-order valence-corrected chi connectivity index (χ2v) is 5.27. The quantitative estimate of drug-likeness (QED) is 0.786. The molecular weight excluding hydrogens is 372 g/mol. The van der Waals surface area contributed by atoms with Gasteiger partial charge in [0, 0.05) is 28.5 Å². The average Bonchev–Trinajstić information content (AvgIpc) is 2.27. The zero-order chi connectivity index (χ0) is 13.1. The molecule has 0 aliphatic heterocycles. The van der Waals surface area contributed by atoms with Crippen molar-refractivity contribution in [2.24, 2.45) is 0 Å². The molecule has 0 unspecified atom stereocenters. The van der Waals surface area contributed by atoms with Crippen molar-refractivity contribution in [3.05, 3.63) is 56.7 Å². The molecule has 0 spiro atoms. The van der Waals surface area contributed by atoms with Gasteiger partial charge in [-0.25, -0.2) is 8.78 Å². The maximum absolute atomic E-state index is 13.5. The summed E-state index contributed by atoms with van der Waals surface area (Å²) >= 11 is 6.33. The summed E-state index contributed by atoms with van der Waals surface area (Å²) in [5.41, 5.74) is 0.778. The molecule has 0 bridgehead atoms. The third-order valence-electron chi connectivity index (χ3n) is 2.11. The zero-order valence-electron chi connectivity index (χ0n) is 8.96. The van der Waals surface area contributed by atoms with Crippen molar-refractivity contribution in [1.29, 1.82) is 0 Å². The van der Waals surface area contributed by atoms with Crippen LogP contribution < -0.4 is 4.74 Å². The fourth-order valence-corrected chi connectivity index (χ4v) is 2.29. The van der Waals surface area contributed by atoms with E-state index in [1.54, 1.807) is 12.4 Å². The lowest BCUT2D eigenvalue weighted by Gasteiger charge is -2.09. The molecule has 0 saturated heterocycles. The Balaban J connectivity index is 2.16. The minimum absolute atomic E-state index is 0.0172. The smallest absolute Gasteiger partial charge is 0.169 e. The summed E-state index contributed by atoms with van der Waals surface area (Å²) in [5.74, 6) is -1.42. The van der Waals surface area contributed by atoms with Crippen LogP contribution in [0.15, 0.2) is 39.5 Å². The van der Waals surface area contributed by atoms with E-state index in [1.807, 2.05) is 6.07 Å². The van der Waals surface area contributed by atoms with Crippen molar-refractivity contribution in [3.63, 3.8) is 0 Å². The molecule has 0 amide bonds. The molecule has 18 heavy (non-hydrogen) atoms. The lowest BCUT2D eigenvalue weighted by Crippen LogP contribution is -1.99. The Morgan fingerprint density at radius 3 is 2.56 bits per heavy atom. The summed E-state index contributed by atoms with van der Waals surface area (Å²) in [5, 5.41) is 0. The lowest BCUT2D eigenvalue weighted by molar-refractivity contribution is 0.286. The number of ether oxygens (including phenoxy) is 1. The number of aromatic nitrogens is 1. The van der Waals surface area contributed by atoms with Gasteiger partial charge >= 0.3 is 0 Å². The molecule has 0 atom stereocenters. The van der Waals surface area contributed by atoms with Gasteiger partial charge in [-0.2, -0.15) is 0 Å². The minimum Gasteiger partial charge on any atom is -0.485 e. The molecule has 0 aliphatic rings. The summed E-state index contributed by atoms with van der Waals surface area (Å²) in [6.45, 7) is 0.146. The van der Waals surface area contributed by atoms with E-state index < -0.39 is 11.6 Å². The molecular formula is C12H7Br2F2NO. The Kier molecular flexibility index (Phi) is 4.29. The maximum Gasteiger partial charge on any atom is 0.169 e. The van der Waals surface area contributed by atoms with Crippen LogP contribution in [0, 0.1) is 11.6 Å². The van der Waals surface area contributed by atoms with Crippen LogP contribution in [0.2, 0.25) is 0 Å². The first-order valence-electron chi connectivity index (χ1n) is 4.93. The molecule has 0 N–H and O–H groups in total. The van der Waals surface area contributed by atoms with E-state index >= 15 is 0 Å². The van der Waals surface area contributed by atoms with Gasteiger partial charge in [-0.1, -0.05) is 0 Å². The number of benzene rings is 1. The van der Waals surface area contributed by atoms with Crippen LogP contribution in [-0.2, 0) is 6.61 Å². The van der Waals surface area contributed by atoms with Crippen LogP contribution >= 0.6 is 31.9 Å². The van der Waals surface area contributed by atoms with Gasteiger partial charge in [0.25, 0.3) is 0 Å². The van der Waals surface area contributed by atoms with Gasteiger partial charge in [0.2, 0.25) is 0 Å². The molecule has 1 aromatic heterocycles. The molecule has 0 fully saturated rings. The molecule has 94 valence electrons. The van der Waals surface area contributed by atoms with Crippen LogP contribution in [0.3, 0.4) is 0 Å². The van der Waals surface area contributed by atoms with Gasteiger partial charge in [0.1, 0.15) is 12.4 Å². The van der Waals surface area contributed by atoms with Crippen LogP contribution in [0.4, 0.5) is 8.78 Å². The van der Waals surface area contributed by atoms with E-state index in [-0.39, 0.29) is 16.8 Å². The second-order valence-electron chi connectivity index (χ2n) is 3.50. The summed E-state index contributed by atoms with van der Waals surface area (Å²) in [7, 11) is 0. The molecule has 2 rings (SSSR count). The van der Waals surface area contributed by atoms with Gasteiger partial charge in [-0.05, 0) is 44.0 Å². The molecule has 2 aromatic rings. The Labute approximate surface area is 119 Å². The van der Waals surface area contributed by atoms with E-state index in [2.05, 4.69) is 36.8 Å². The Hall–Kier alpha value is -1.01. The zero-order valence-corrected chi connectivity index (χ0v) is 12.1. The number of halogens is 4. The van der Waals surface area contributed by atoms with Crippen molar-refractivity contribution in [3.8, 4) is 5.75 Å². The van der Waals surface area contributed by atoms with Crippen molar-refractivity contribution in [2.45, 2.75) is 6.61 Å². The number of rotatable bonds is 3. The normalized spacial score (nSPS) is 10.4. The monoisotopic (exact) mass is 377 g/mol. The van der Waals surface area contributed by atoms with E-state index in [0.717, 1.165) is 22.2 Å². The molecule has 6 heteroatoms. The van der Waals surface area contributed by atoms with E-state index in [9.17, 15) is 8.78 Å². The third kappa shape index (κ3) is 3.26. The molecule has 0 radical (unpaired) electrons. The van der Waals surface area contributed by atoms with Gasteiger partial charge in [0.15, 0.2) is 11.6 Å². The fraction of sp³-hybridized carbons (Fsp3) is 0.0833. The second kappa shape index (κ2) is 5.75. The first kappa shape index (κ1) is 13.4. The Morgan fingerprint density at radius 2 is 1.89 bits per heavy atom. The maximum atomic E-state index is 13.5. The highest BCUT2D eigenvalue weighted by Crippen LogP contribution is 2.30. The summed E-state index contributed by atoms with van der Waals surface area (Å²) in [4.78, 5) is 3.96. The SMILES string of the molecule is Fc1cc(F)c(OCc2cncc(Br)c2)c(Br)c1. The van der Waals surface area contributed by atoms with Crippen LogP contribution in [0.5, 0.6) is 5.75 Å². The highest BCUT2D eigenvalue weighted by atomic mass is 79.9. The van der Waals surface area contributed by atoms with Gasteiger partial charge in [-0.3, -0.25) is 4.98 Å². The Bertz CT molecular complexity index is 555. The molecule has 1 aromatic carbocycles. The van der Waals surface area contributed by atoms with E-state index in [4.69, 9.17) is 4.74 Å². The largest absolute Gasteiger partial charge is 0.485 e. The first-order valence-corrected chi connectivity index (χ1v) is 6.51. The van der Waals surface area contributed by atoms with Crippen molar-refractivity contribution < 1.29 is 13.5 Å². The number of nitrogens with zero attached hydrogens (tertiary/aromatic N) is 1. The summed E-state index contributed by atoms with van der Waals surface area (Å²) in [6, 6.07) is 3.74. The number of hydrogen-bond acceptors (Lipinski definition) is 2. The minimum atomic E-state index is -0.746. The van der Waals surface area contributed by atoms with Gasteiger partial charge < -0.3 is 4.74 Å². The highest BCUT2D eigenvalue weighted by molar-refractivity contribution is 9.10. The Morgan fingerprint density at radius 1 is 1.11 bits per heavy atom. The number of pyridine rings is 1. The van der Waals surface area contributed by atoms with Crippen molar-refractivity contribution >= 4 is 31.9 Å². The number of hydrogen-bond donors (Lipinski definition) is 0. The van der Waals surface area contributed by atoms with Gasteiger partial charge in [0.05, 0.1) is 4.47 Å². The van der Waals surface area contributed by atoms with E-state index in [0.29, 0.717) is 0 Å². The fourth-order valence-electron chi connectivity index (χ4n) is 1.36. The van der Waals surface area contributed by atoms with Crippen LogP contribution in [0.1, 0.15) is 5.56 Å². The van der Waals surface area contributed by atoms with Crippen LogP contribution in [0.25, 0.3) is 0 Å². The first-order chi connectivity index (χ1) is 8.56. The molecule has 2 nitrogen and oxygen atoms in total. The molecule has 0 saturated carbocycles. The summed E-state index contributed by atoms with van der Waals surface area (Å²) < 4.78 is 32.7. The predicted octanol–water partition coefficient (Wildman–Crippen LogP) is 4.46. The average molecular weight is 379 g/mol. The standard InChI is InChI=1S/C12H7Br2F2NO/c13-8-1-7(4-17-5-8)6-18-12-10(14)2-9(15)3-11(12)16/h1-5H,6H2. The molecule has 0 aliphatic carbocycles. The third-order valence-corrected chi connectivity index (χ3v) is 3.13. The van der Waals surface area contributed by atoms with Crippen molar-refractivity contribution in [2.75, 3.05) is 0 Å². The van der Waals surface area contributed by atoms with Gasteiger partial charge in [-0.15, -0.1) is 0 Å². The van der Waals surface area contributed by atoms with Crippen molar-refractivity contribution in [1.82, 2.24) is 4.98 Å². The predicted molar refractivity (Wildman–Crippen MR) is 70.3 cm³/mol. The molecule has 1 heterocycles. The summed E-state index contributed by atoms with van der Waals surface area (Å²) in [6.07, 6.45) is 3.25. The van der Waals surface area contributed by atoms with Crippen LogP contribution in [-0.4, -0.2) is 4.98 Å².